The number of nitrogen functional groups attached to an aromatic ring is 1. The average molecular weight is 290 g/mol. The lowest BCUT2D eigenvalue weighted by atomic mass is 10.3. The molecule has 1 aromatic heterocycles. The van der Waals surface area contributed by atoms with E-state index in [1.807, 2.05) is 0 Å². The van der Waals surface area contributed by atoms with Gasteiger partial charge in [0.05, 0.1) is 27.0 Å². The summed E-state index contributed by atoms with van der Waals surface area (Å²) in [5.74, 6) is 0.847. The lowest BCUT2D eigenvalue weighted by molar-refractivity contribution is 0.484. The van der Waals surface area contributed by atoms with Crippen molar-refractivity contribution in [3.8, 4) is 11.5 Å². The zero-order valence-electron chi connectivity index (χ0n) is 8.45. The van der Waals surface area contributed by atoms with Crippen LogP contribution in [-0.2, 0) is 0 Å². The Morgan fingerprint density at radius 2 is 1.71 bits per heavy atom. The summed E-state index contributed by atoms with van der Waals surface area (Å²) in [6, 6.07) is 4.68. The van der Waals surface area contributed by atoms with E-state index in [1.54, 1.807) is 12.3 Å². The summed E-state index contributed by atoms with van der Waals surface area (Å²) >= 11 is 17.7. The van der Waals surface area contributed by atoms with Gasteiger partial charge in [0.2, 0.25) is 0 Å². The third-order valence-electron chi connectivity index (χ3n) is 2.00. The smallest absolute Gasteiger partial charge is 0.153 e. The normalized spacial score (nSPS) is 10.3. The van der Waals surface area contributed by atoms with Gasteiger partial charge in [0.15, 0.2) is 5.75 Å². The number of aromatic nitrogens is 1. The predicted molar refractivity (Wildman–Crippen MR) is 70.2 cm³/mol. The molecule has 0 fully saturated rings. The Hall–Kier alpha value is -1.16. The topological polar surface area (TPSA) is 48.1 Å². The van der Waals surface area contributed by atoms with Crippen molar-refractivity contribution in [2.24, 2.45) is 0 Å². The van der Waals surface area contributed by atoms with E-state index in [0.29, 0.717) is 32.3 Å². The van der Waals surface area contributed by atoms with Gasteiger partial charge in [-0.3, -0.25) is 4.98 Å². The summed E-state index contributed by atoms with van der Waals surface area (Å²) < 4.78 is 5.54. The number of halogens is 3. The van der Waals surface area contributed by atoms with E-state index in [1.165, 1.54) is 18.3 Å². The first-order chi connectivity index (χ1) is 8.08. The average Bonchev–Trinajstić information content (AvgIpc) is 2.29. The van der Waals surface area contributed by atoms with Gasteiger partial charge in [0, 0.05) is 18.3 Å². The number of ether oxygens (including phenoxy) is 1. The molecule has 1 aromatic carbocycles. The van der Waals surface area contributed by atoms with Gasteiger partial charge in [-0.1, -0.05) is 34.8 Å². The number of hydrogen-bond donors (Lipinski definition) is 1. The van der Waals surface area contributed by atoms with Crippen LogP contribution in [0.2, 0.25) is 15.1 Å². The predicted octanol–water partition coefficient (Wildman–Crippen LogP) is 4.42. The molecule has 2 N–H and O–H groups in total. The molecule has 88 valence electrons. The first kappa shape index (κ1) is 12.3. The van der Waals surface area contributed by atoms with Crippen LogP contribution in [0.25, 0.3) is 0 Å². The summed E-state index contributed by atoms with van der Waals surface area (Å²) in [5, 5.41) is 1.08. The molecule has 0 aliphatic carbocycles. The van der Waals surface area contributed by atoms with E-state index in [-0.39, 0.29) is 0 Å². The molecule has 1 heterocycles. The van der Waals surface area contributed by atoms with Gasteiger partial charge in [-0.05, 0) is 6.07 Å². The molecule has 3 nitrogen and oxygen atoms in total. The Bertz CT molecular complexity index is 560. The first-order valence-electron chi connectivity index (χ1n) is 4.60. The highest BCUT2D eigenvalue weighted by molar-refractivity contribution is 6.43. The SMILES string of the molecule is Nc1cnccc1Oc1cc(Cl)c(Cl)cc1Cl. The minimum atomic E-state index is 0.357. The van der Waals surface area contributed by atoms with Gasteiger partial charge in [-0.2, -0.15) is 0 Å². The van der Waals surface area contributed by atoms with Crippen LogP contribution in [0.1, 0.15) is 0 Å². The van der Waals surface area contributed by atoms with Gasteiger partial charge in [-0.15, -0.1) is 0 Å². The summed E-state index contributed by atoms with van der Waals surface area (Å²) in [6.45, 7) is 0. The van der Waals surface area contributed by atoms with E-state index in [2.05, 4.69) is 4.98 Å². The lowest BCUT2D eigenvalue weighted by Crippen LogP contribution is -1.93. The highest BCUT2D eigenvalue weighted by Gasteiger charge is 2.09. The molecule has 2 aromatic rings. The molecule has 0 unspecified atom stereocenters. The maximum atomic E-state index is 5.98. The van der Waals surface area contributed by atoms with Crippen LogP contribution < -0.4 is 10.5 Å². The van der Waals surface area contributed by atoms with Crippen molar-refractivity contribution in [1.29, 1.82) is 0 Å². The maximum absolute atomic E-state index is 5.98. The van der Waals surface area contributed by atoms with E-state index in [9.17, 15) is 0 Å². The molecule has 17 heavy (non-hydrogen) atoms. The summed E-state index contributed by atoms with van der Waals surface area (Å²) in [6.07, 6.45) is 3.05. The van der Waals surface area contributed by atoms with Crippen LogP contribution in [0.3, 0.4) is 0 Å². The van der Waals surface area contributed by atoms with Crippen LogP contribution in [0.15, 0.2) is 30.6 Å². The summed E-state index contributed by atoms with van der Waals surface area (Å²) in [5.41, 5.74) is 6.11. The standard InChI is InChI=1S/C11H7Cl3N2O/c12-6-3-8(14)11(4-7(6)13)17-10-1-2-16-5-9(10)15/h1-5H,15H2. The van der Waals surface area contributed by atoms with E-state index in [4.69, 9.17) is 45.3 Å². The number of nitrogens with zero attached hydrogens (tertiary/aromatic N) is 1. The molecule has 2 rings (SSSR count). The molecule has 0 bridgehead atoms. The minimum Gasteiger partial charge on any atom is -0.453 e. The Labute approximate surface area is 113 Å². The summed E-state index contributed by atoms with van der Waals surface area (Å²) in [4.78, 5) is 3.86. The quantitative estimate of drug-likeness (QED) is 0.833. The van der Waals surface area contributed by atoms with Crippen molar-refractivity contribution in [3.05, 3.63) is 45.7 Å². The number of pyridine rings is 1. The van der Waals surface area contributed by atoms with Crippen molar-refractivity contribution >= 4 is 40.5 Å². The Balaban J connectivity index is 2.37. The third-order valence-corrected chi connectivity index (χ3v) is 3.02. The molecule has 0 aliphatic heterocycles. The van der Waals surface area contributed by atoms with Crippen molar-refractivity contribution in [3.63, 3.8) is 0 Å². The number of anilines is 1. The van der Waals surface area contributed by atoms with E-state index in [0.717, 1.165) is 0 Å². The second kappa shape index (κ2) is 5.00. The Kier molecular flexibility index (Phi) is 3.62. The van der Waals surface area contributed by atoms with Crippen molar-refractivity contribution < 1.29 is 4.74 Å². The van der Waals surface area contributed by atoms with Crippen LogP contribution in [0.4, 0.5) is 5.69 Å². The minimum absolute atomic E-state index is 0.357. The number of benzene rings is 1. The zero-order valence-corrected chi connectivity index (χ0v) is 10.7. The molecule has 0 aliphatic rings. The van der Waals surface area contributed by atoms with Crippen molar-refractivity contribution in [1.82, 2.24) is 4.98 Å². The zero-order chi connectivity index (χ0) is 12.4. The Morgan fingerprint density at radius 3 is 2.41 bits per heavy atom. The van der Waals surface area contributed by atoms with Gasteiger partial charge >= 0.3 is 0 Å². The summed E-state index contributed by atoms with van der Waals surface area (Å²) in [7, 11) is 0. The monoisotopic (exact) mass is 288 g/mol. The van der Waals surface area contributed by atoms with Crippen molar-refractivity contribution in [2.45, 2.75) is 0 Å². The van der Waals surface area contributed by atoms with Gasteiger partial charge in [0.25, 0.3) is 0 Å². The second-order valence-electron chi connectivity index (χ2n) is 3.21. The highest BCUT2D eigenvalue weighted by atomic mass is 35.5. The molecule has 6 heteroatoms. The molecule has 0 saturated carbocycles. The van der Waals surface area contributed by atoms with Gasteiger partial charge in [0.1, 0.15) is 5.75 Å². The fourth-order valence-electron chi connectivity index (χ4n) is 1.19. The van der Waals surface area contributed by atoms with Gasteiger partial charge in [-0.25, -0.2) is 0 Å². The van der Waals surface area contributed by atoms with Crippen LogP contribution >= 0.6 is 34.8 Å². The molecule has 0 radical (unpaired) electrons. The fourth-order valence-corrected chi connectivity index (χ4v) is 1.76. The lowest BCUT2D eigenvalue weighted by Gasteiger charge is -2.10. The number of hydrogen-bond acceptors (Lipinski definition) is 3. The highest BCUT2D eigenvalue weighted by Crippen LogP contribution is 2.37. The third kappa shape index (κ3) is 2.75. The van der Waals surface area contributed by atoms with Crippen LogP contribution in [0, 0.1) is 0 Å². The molecular formula is C11H7Cl3N2O. The molecule has 0 atom stereocenters. The molecule has 0 amide bonds. The first-order valence-corrected chi connectivity index (χ1v) is 5.73. The molecule has 0 spiro atoms. The van der Waals surface area contributed by atoms with Crippen LogP contribution in [-0.4, -0.2) is 4.98 Å². The van der Waals surface area contributed by atoms with Crippen molar-refractivity contribution in [2.75, 3.05) is 5.73 Å². The molecular weight excluding hydrogens is 282 g/mol. The second-order valence-corrected chi connectivity index (χ2v) is 4.43. The molecule has 0 saturated heterocycles. The number of nitrogens with two attached hydrogens (primary N) is 1. The van der Waals surface area contributed by atoms with Crippen LogP contribution in [0.5, 0.6) is 11.5 Å². The largest absolute Gasteiger partial charge is 0.453 e. The van der Waals surface area contributed by atoms with E-state index >= 15 is 0 Å². The Morgan fingerprint density at radius 1 is 1.00 bits per heavy atom. The van der Waals surface area contributed by atoms with Gasteiger partial charge < -0.3 is 10.5 Å². The fraction of sp³-hybridized carbons (Fsp3) is 0. The number of rotatable bonds is 2. The van der Waals surface area contributed by atoms with E-state index < -0.39 is 0 Å². The maximum Gasteiger partial charge on any atom is 0.153 e.